The molecular weight excluding hydrogens is 175 g/mol. The number of phenols is 1. The Labute approximate surface area is 74.8 Å². The molecule has 0 aliphatic heterocycles. The van der Waals surface area contributed by atoms with Gasteiger partial charge in [-0.1, -0.05) is 0 Å². The molecule has 0 aromatic heterocycles. The van der Waals surface area contributed by atoms with E-state index >= 15 is 0 Å². The zero-order chi connectivity index (χ0) is 10.0. The number of halogens is 1. The third kappa shape index (κ3) is 1.77. The summed E-state index contributed by atoms with van der Waals surface area (Å²) < 4.78 is 17.2. The van der Waals surface area contributed by atoms with Crippen molar-refractivity contribution in [1.29, 1.82) is 0 Å². The van der Waals surface area contributed by atoms with Gasteiger partial charge in [-0.2, -0.15) is 0 Å². The summed E-state index contributed by atoms with van der Waals surface area (Å²) in [6.07, 6.45) is 0. The van der Waals surface area contributed by atoms with Gasteiger partial charge in [0.2, 0.25) is 0 Å². The molecule has 1 aromatic carbocycles. The second-order valence-electron chi connectivity index (χ2n) is 2.61. The van der Waals surface area contributed by atoms with Gasteiger partial charge in [-0.3, -0.25) is 0 Å². The van der Waals surface area contributed by atoms with E-state index in [4.69, 9.17) is 0 Å². The van der Waals surface area contributed by atoms with Gasteiger partial charge < -0.3 is 9.84 Å². The number of hydrogen-bond donors (Lipinski definition) is 1. The maximum absolute atomic E-state index is 12.8. The topological polar surface area (TPSA) is 46.5 Å². The van der Waals surface area contributed by atoms with E-state index in [2.05, 4.69) is 4.74 Å². The van der Waals surface area contributed by atoms with Crippen LogP contribution in [-0.2, 0) is 4.74 Å². The highest BCUT2D eigenvalue weighted by Gasteiger charge is 2.13. The van der Waals surface area contributed by atoms with Crippen LogP contribution in [0.3, 0.4) is 0 Å². The van der Waals surface area contributed by atoms with Gasteiger partial charge in [0.05, 0.1) is 7.11 Å². The number of carbonyl (C=O) groups is 1. The summed E-state index contributed by atoms with van der Waals surface area (Å²) in [4.78, 5) is 11.0. The Kier molecular flexibility index (Phi) is 2.51. The minimum atomic E-state index is -0.680. The highest BCUT2D eigenvalue weighted by Crippen LogP contribution is 2.21. The van der Waals surface area contributed by atoms with E-state index in [0.29, 0.717) is 5.56 Å². The molecule has 0 unspecified atom stereocenters. The van der Waals surface area contributed by atoms with E-state index in [9.17, 15) is 14.3 Å². The molecular formula is C9H9FO3. The number of ether oxygens (including phenoxy) is 1. The minimum Gasteiger partial charge on any atom is -0.507 e. The van der Waals surface area contributed by atoms with Crippen LogP contribution in [0.1, 0.15) is 15.9 Å². The van der Waals surface area contributed by atoms with E-state index in [1.807, 2.05) is 0 Å². The van der Waals surface area contributed by atoms with E-state index in [0.717, 1.165) is 6.07 Å². The lowest BCUT2D eigenvalue weighted by Gasteiger charge is -2.04. The van der Waals surface area contributed by atoms with Gasteiger partial charge in [-0.05, 0) is 18.6 Å². The summed E-state index contributed by atoms with van der Waals surface area (Å²) >= 11 is 0. The number of methoxy groups -OCH3 is 1. The van der Waals surface area contributed by atoms with Crippen LogP contribution >= 0.6 is 0 Å². The quantitative estimate of drug-likeness (QED) is 0.674. The predicted molar refractivity (Wildman–Crippen MR) is 44.1 cm³/mol. The Bertz CT molecular complexity index is 347. The summed E-state index contributed by atoms with van der Waals surface area (Å²) in [6, 6.07) is 2.14. The Hall–Kier alpha value is -1.58. The Balaban J connectivity index is 3.23. The molecule has 0 bridgehead atoms. The normalized spacial score (nSPS) is 9.77. The van der Waals surface area contributed by atoms with Crippen LogP contribution in [0.25, 0.3) is 0 Å². The van der Waals surface area contributed by atoms with E-state index in [1.165, 1.54) is 20.1 Å². The van der Waals surface area contributed by atoms with Crippen molar-refractivity contribution in [1.82, 2.24) is 0 Å². The maximum Gasteiger partial charge on any atom is 0.341 e. The summed E-state index contributed by atoms with van der Waals surface area (Å²) in [5.41, 5.74) is 0.264. The van der Waals surface area contributed by atoms with Crippen LogP contribution in [0.5, 0.6) is 5.75 Å². The molecule has 0 aliphatic carbocycles. The Morgan fingerprint density at radius 2 is 2.15 bits per heavy atom. The third-order valence-corrected chi connectivity index (χ3v) is 1.68. The maximum atomic E-state index is 12.8. The van der Waals surface area contributed by atoms with Crippen molar-refractivity contribution >= 4 is 5.97 Å². The highest BCUT2D eigenvalue weighted by molar-refractivity contribution is 5.92. The molecule has 13 heavy (non-hydrogen) atoms. The molecule has 0 radical (unpaired) electrons. The summed E-state index contributed by atoms with van der Waals surface area (Å²) in [5.74, 6) is -1.64. The number of hydrogen-bond acceptors (Lipinski definition) is 3. The molecule has 0 heterocycles. The van der Waals surface area contributed by atoms with Crippen molar-refractivity contribution in [2.24, 2.45) is 0 Å². The van der Waals surface area contributed by atoms with Crippen LogP contribution in [0.2, 0.25) is 0 Å². The van der Waals surface area contributed by atoms with Gasteiger partial charge in [-0.15, -0.1) is 0 Å². The molecule has 1 rings (SSSR count). The van der Waals surface area contributed by atoms with Crippen molar-refractivity contribution in [3.63, 3.8) is 0 Å². The lowest BCUT2D eigenvalue weighted by Crippen LogP contribution is -2.02. The fourth-order valence-electron chi connectivity index (χ4n) is 0.944. The standard InChI is InChI=1S/C9H9FO3/c1-5-3-6(9(12)13-2)8(11)4-7(5)10/h3-4,11H,1-2H3. The molecule has 0 aliphatic rings. The molecule has 0 saturated carbocycles. The smallest absolute Gasteiger partial charge is 0.341 e. The lowest BCUT2D eigenvalue weighted by atomic mass is 10.1. The molecule has 1 N–H and O–H groups in total. The largest absolute Gasteiger partial charge is 0.507 e. The molecule has 70 valence electrons. The molecule has 0 amide bonds. The zero-order valence-electron chi connectivity index (χ0n) is 7.30. The average molecular weight is 184 g/mol. The van der Waals surface area contributed by atoms with Gasteiger partial charge in [0, 0.05) is 6.07 Å². The third-order valence-electron chi connectivity index (χ3n) is 1.68. The molecule has 0 saturated heterocycles. The van der Waals surface area contributed by atoms with Gasteiger partial charge in [0.1, 0.15) is 17.1 Å². The fourth-order valence-corrected chi connectivity index (χ4v) is 0.944. The average Bonchev–Trinajstić information content (AvgIpc) is 2.10. The van der Waals surface area contributed by atoms with Gasteiger partial charge in [0.25, 0.3) is 0 Å². The van der Waals surface area contributed by atoms with Crippen molar-refractivity contribution in [3.8, 4) is 5.75 Å². The second kappa shape index (κ2) is 3.43. The lowest BCUT2D eigenvalue weighted by molar-refractivity contribution is 0.0597. The first-order valence-electron chi connectivity index (χ1n) is 3.63. The number of phenolic OH excluding ortho intramolecular Hbond substituents is 1. The van der Waals surface area contributed by atoms with Crippen molar-refractivity contribution in [2.45, 2.75) is 6.92 Å². The molecule has 1 aromatic rings. The molecule has 4 heteroatoms. The van der Waals surface area contributed by atoms with E-state index in [1.54, 1.807) is 0 Å². The number of carbonyl (C=O) groups excluding carboxylic acids is 1. The molecule has 3 nitrogen and oxygen atoms in total. The number of benzene rings is 1. The van der Waals surface area contributed by atoms with Crippen molar-refractivity contribution < 1.29 is 19.0 Å². The zero-order valence-corrected chi connectivity index (χ0v) is 7.30. The number of esters is 1. The van der Waals surface area contributed by atoms with Crippen LogP contribution < -0.4 is 0 Å². The van der Waals surface area contributed by atoms with Crippen LogP contribution in [-0.4, -0.2) is 18.2 Å². The fraction of sp³-hybridized carbons (Fsp3) is 0.222. The number of rotatable bonds is 1. The molecule has 0 fully saturated rings. The minimum absolute atomic E-state index is 0.0265. The molecule has 0 spiro atoms. The SMILES string of the molecule is COC(=O)c1cc(C)c(F)cc1O. The van der Waals surface area contributed by atoms with Gasteiger partial charge in [-0.25, -0.2) is 9.18 Å². The summed E-state index contributed by atoms with van der Waals surface area (Å²) in [7, 11) is 1.19. The van der Waals surface area contributed by atoms with Crippen molar-refractivity contribution in [2.75, 3.05) is 7.11 Å². The molecule has 0 atom stereocenters. The summed E-state index contributed by atoms with van der Waals surface area (Å²) in [5, 5.41) is 9.18. The second-order valence-corrected chi connectivity index (χ2v) is 2.61. The monoisotopic (exact) mass is 184 g/mol. The van der Waals surface area contributed by atoms with Crippen LogP contribution in [0.15, 0.2) is 12.1 Å². The van der Waals surface area contributed by atoms with Crippen LogP contribution in [0.4, 0.5) is 4.39 Å². The Morgan fingerprint density at radius 3 is 2.69 bits per heavy atom. The Morgan fingerprint density at radius 1 is 1.54 bits per heavy atom. The summed E-state index contributed by atoms with van der Waals surface area (Å²) in [6.45, 7) is 1.50. The van der Waals surface area contributed by atoms with Gasteiger partial charge in [0.15, 0.2) is 0 Å². The van der Waals surface area contributed by atoms with Gasteiger partial charge >= 0.3 is 5.97 Å². The van der Waals surface area contributed by atoms with Crippen molar-refractivity contribution in [3.05, 3.63) is 29.1 Å². The number of aryl methyl sites for hydroxylation is 1. The first-order valence-corrected chi connectivity index (χ1v) is 3.63. The van der Waals surface area contributed by atoms with Crippen LogP contribution in [0, 0.1) is 12.7 Å². The predicted octanol–water partition coefficient (Wildman–Crippen LogP) is 1.63. The van der Waals surface area contributed by atoms with E-state index < -0.39 is 17.5 Å². The van der Waals surface area contributed by atoms with E-state index in [-0.39, 0.29) is 5.56 Å². The number of aromatic hydroxyl groups is 1. The first kappa shape index (κ1) is 9.51. The first-order chi connectivity index (χ1) is 6.06. The highest BCUT2D eigenvalue weighted by atomic mass is 19.1.